The quantitative estimate of drug-likeness (QED) is 0.689. The lowest BCUT2D eigenvalue weighted by molar-refractivity contribution is 0.237. The Morgan fingerprint density at radius 1 is 1.00 bits per heavy atom. The summed E-state index contributed by atoms with van der Waals surface area (Å²) in [6, 6.07) is 14.7. The summed E-state index contributed by atoms with van der Waals surface area (Å²) in [5.74, 6) is 1.69. The minimum Gasteiger partial charge on any atom is -0.493 e. The number of ether oxygens (including phenoxy) is 1. The number of fused-ring (bicyclic) bond motifs is 1. The van der Waals surface area contributed by atoms with Crippen LogP contribution in [0.15, 0.2) is 42.5 Å². The molecule has 2 aromatic rings. The van der Waals surface area contributed by atoms with E-state index in [1.54, 1.807) is 0 Å². The van der Waals surface area contributed by atoms with Crippen LogP contribution in [0.2, 0.25) is 0 Å². The molecule has 0 saturated carbocycles. The van der Waals surface area contributed by atoms with Gasteiger partial charge in [0.05, 0.1) is 6.61 Å². The Kier molecular flexibility index (Phi) is 4.63. The zero-order valence-electron chi connectivity index (χ0n) is 11.4. The van der Waals surface area contributed by atoms with E-state index in [1.807, 2.05) is 0 Å². The van der Waals surface area contributed by atoms with E-state index in [4.69, 9.17) is 4.74 Å². The first kappa shape index (κ1) is 12.9. The van der Waals surface area contributed by atoms with Crippen LogP contribution in [0.4, 0.5) is 0 Å². The van der Waals surface area contributed by atoms with Gasteiger partial charge in [0, 0.05) is 5.39 Å². The SMILES string of the molecule is CCCC(CC)COc1cccc2ccccc12. The second kappa shape index (κ2) is 6.44. The van der Waals surface area contributed by atoms with Crippen molar-refractivity contribution >= 4 is 10.8 Å². The van der Waals surface area contributed by atoms with Gasteiger partial charge in [0.1, 0.15) is 5.75 Å². The van der Waals surface area contributed by atoms with Gasteiger partial charge >= 0.3 is 0 Å². The van der Waals surface area contributed by atoms with Gasteiger partial charge in [-0.1, -0.05) is 63.1 Å². The zero-order valence-corrected chi connectivity index (χ0v) is 11.4. The summed E-state index contributed by atoms with van der Waals surface area (Å²) < 4.78 is 6.02. The monoisotopic (exact) mass is 242 g/mol. The van der Waals surface area contributed by atoms with Gasteiger partial charge in [0.2, 0.25) is 0 Å². The molecule has 1 heteroatoms. The minimum absolute atomic E-state index is 0.675. The molecule has 0 bridgehead atoms. The van der Waals surface area contributed by atoms with Crippen molar-refractivity contribution in [2.24, 2.45) is 5.92 Å². The van der Waals surface area contributed by atoms with Crippen LogP contribution in [0.1, 0.15) is 33.1 Å². The summed E-state index contributed by atoms with van der Waals surface area (Å²) in [6.45, 7) is 5.31. The molecule has 0 aromatic heterocycles. The van der Waals surface area contributed by atoms with Crippen molar-refractivity contribution in [3.8, 4) is 5.75 Å². The van der Waals surface area contributed by atoms with Crippen LogP contribution in [0.3, 0.4) is 0 Å². The first-order valence-electron chi connectivity index (χ1n) is 6.95. The maximum absolute atomic E-state index is 6.02. The predicted octanol–water partition coefficient (Wildman–Crippen LogP) is 5.04. The van der Waals surface area contributed by atoms with Gasteiger partial charge in [-0.25, -0.2) is 0 Å². The largest absolute Gasteiger partial charge is 0.493 e. The highest BCUT2D eigenvalue weighted by atomic mass is 16.5. The molecule has 18 heavy (non-hydrogen) atoms. The molecule has 1 atom stereocenters. The lowest BCUT2D eigenvalue weighted by Gasteiger charge is -2.16. The molecule has 0 fully saturated rings. The number of hydrogen-bond donors (Lipinski definition) is 0. The maximum atomic E-state index is 6.02. The van der Waals surface area contributed by atoms with Crippen LogP contribution >= 0.6 is 0 Å². The van der Waals surface area contributed by atoms with Crippen molar-refractivity contribution in [1.29, 1.82) is 0 Å². The molecule has 0 spiro atoms. The van der Waals surface area contributed by atoms with Crippen molar-refractivity contribution in [2.75, 3.05) is 6.61 Å². The Labute approximate surface area is 110 Å². The van der Waals surface area contributed by atoms with E-state index in [0.29, 0.717) is 5.92 Å². The van der Waals surface area contributed by atoms with Crippen LogP contribution in [0.25, 0.3) is 10.8 Å². The third-order valence-electron chi connectivity index (χ3n) is 3.50. The highest BCUT2D eigenvalue weighted by Gasteiger charge is 2.07. The standard InChI is InChI=1S/C17H22O/c1-3-8-14(4-2)13-18-17-12-7-10-15-9-5-6-11-16(15)17/h5-7,9-12,14H,3-4,8,13H2,1-2H3. The van der Waals surface area contributed by atoms with E-state index in [-0.39, 0.29) is 0 Å². The molecule has 0 heterocycles. The molecule has 0 radical (unpaired) electrons. The van der Waals surface area contributed by atoms with Gasteiger partial charge in [-0.05, 0) is 23.8 Å². The van der Waals surface area contributed by atoms with E-state index >= 15 is 0 Å². The third kappa shape index (κ3) is 3.04. The van der Waals surface area contributed by atoms with E-state index in [9.17, 15) is 0 Å². The van der Waals surface area contributed by atoms with Crippen molar-refractivity contribution < 1.29 is 4.74 Å². The summed E-state index contributed by atoms with van der Waals surface area (Å²) >= 11 is 0. The first-order valence-corrected chi connectivity index (χ1v) is 6.95. The van der Waals surface area contributed by atoms with Crippen LogP contribution in [0.5, 0.6) is 5.75 Å². The molecular weight excluding hydrogens is 220 g/mol. The Hall–Kier alpha value is -1.50. The molecule has 1 nitrogen and oxygen atoms in total. The highest BCUT2D eigenvalue weighted by Crippen LogP contribution is 2.26. The van der Waals surface area contributed by atoms with Gasteiger partial charge in [-0.3, -0.25) is 0 Å². The van der Waals surface area contributed by atoms with Crippen molar-refractivity contribution in [3.05, 3.63) is 42.5 Å². The molecule has 1 unspecified atom stereocenters. The van der Waals surface area contributed by atoms with Gasteiger partial charge in [-0.15, -0.1) is 0 Å². The average molecular weight is 242 g/mol. The van der Waals surface area contributed by atoms with Crippen molar-refractivity contribution in [1.82, 2.24) is 0 Å². The summed E-state index contributed by atoms with van der Waals surface area (Å²) in [5.41, 5.74) is 0. The summed E-state index contributed by atoms with van der Waals surface area (Å²) in [4.78, 5) is 0. The summed E-state index contributed by atoms with van der Waals surface area (Å²) in [6.07, 6.45) is 3.68. The fourth-order valence-corrected chi connectivity index (χ4v) is 2.34. The fourth-order valence-electron chi connectivity index (χ4n) is 2.34. The number of rotatable bonds is 6. The molecule has 0 amide bonds. The van der Waals surface area contributed by atoms with Crippen LogP contribution in [0, 0.1) is 5.92 Å². The van der Waals surface area contributed by atoms with Crippen molar-refractivity contribution in [2.45, 2.75) is 33.1 Å². The van der Waals surface area contributed by atoms with Crippen LogP contribution in [-0.4, -0.2) is 6.61 Å². The van der Waals surface area contributed by atoms with E-state index in [2.05, 4.69) is 56.3 Å². The van der Waals surface area contributed by atoms with E-state index in [0.717, 1.165) is 12.4 Å². The van der Waals surface area contributed by atoms with Crippen LogP contribution in [-0.2, 0) is 0 Å². The molecule has 0 aliphatic rings. The second-order valence-electron chi connectivity index (χ2n) is 4.85. The molecule has 2 aromatic carbocycles. The lowest BCUT2D eigenvalue weighted by Crippen LogP contribution is -2.11. The molecule has 0 N–H and O–H groups in total. The van der Waals surface area contributed by atoms with Gasteiger partial charge in [0.25, 0.3) is 0 Å². The topological polar surface area (TPSA) is 9.23 Å². The lowest BCUT2D eigenvalue weighted by atomic mass is 10.0. The second-order valence-corrected chi connectivity index (χ2v) is 4.85. The van der Waals surface area contributed by atoms with Crippen molar-refractivity contribution in [3.63, 3.8) is 0 Å². The summed E-state index contributed by atoms with van der Waals surface area (Å²) in [5, 5.41) is 2.46. The molecule has 0 saturated heterocycles. The van der Waals surface area contributed by atoms with Gasteiger partial charge in [-0.2, -0.15) is 0 Å². The Bertz CT molecular complexity index is 484. The Morgan fingerprint density at radius 3 is 2.56 bits per heavy atom. The fraction of sp³-hybridized carbons (Fsp3) is 0.412. The first-order chi connectivity index (χ1) is 8.85. The average Bonchev–Trinajstić information content (AvgIpc) is 2.43. The van der Waals surface area contributed by atoms with E-state index < -0.39 is 0 Å². The maximum Gasteiger partial charge on any atom is 0.127 e. The molecule has 0 aliphatic carbocycles. The highest BCUT2D eigenvalue weighted by molar-refractivity contribution is 5.88. The summed E-state index contributed by atoms with van der Waals surface area (Å²) in [7, 11) is 0. The Morgan fingerprint density at radius 2 is 1.78 bits per heavy atom. The van der Waals surface area contributed by atoms with Crippen LogP contribution < -0.4 is 4.74 Å². The molecule has 96 valence electrons. The normalized spacial score (nSPS) is 12.6. The predicted molar refractivity (Wildman–Crippen MR) is 78.1 cm³/mol. The smallest absolute Gasteiger partial charge is 0.127 e. The molecule has 0 aliphatic heterocycles. The number of benzene rings is 2. The van der Waals surface area contributed by atoms with E-state index in [1.165, 1.54) is 30.0 Å². The molecular formula is C17H22O. The third-order valence-corrected chi connectivity index (χ3v) is 3.50. The van der Waals surface area contributed by atoms with Gasteiger partial charge < -0.3 is 4.74 Å². The molecule has 2 rings (SSSR count). The number of hydrogen-bond acceptors (Lipinski definition) is 1. The Balaban J connectivity index is 2.11. The minimum atomic E-state index is 0.675. The zero-order chi connectivity index (χ0) is 12.8. The van der Waals surface area contributed by atoms with Gasteiger partial charge in [0.15, 0.2) is 0 Å².